The number of halogens is 1. The largest absolute Gasteiger partial charge is 0.408 e. The van der Waals surface area contributed by atoms with E-state index in [0.29, 0.717) is 5.76 Å². The van der Waals surface area contributed by atoms with Crippen molar-refractivity contribution in [3.8, 4) is 0 Å². The van der Waals surface area contributed by atoms with Crippen LogP contribution in [0.3, 0.4) is 0 Å². The van der Waals surface area contributed by atoms with Crippen molar-refractivity contribution in [1.82, 2.24) is 14.9 Å². The normalized spacial score (nSPS) is 10.6. The molecule has 0 saturated carbocycles. The Kier molecular flexibility index (Phi) is 2.61. The molecule has 0 unspecified atom stereocenters. The highest BCUT2D eigenvalue weighted by Gasteiger charge is 2.19. The van der Waals surface area contributed by atoms with Crippen LogP contribution in [0.1, 0.15) is 11.5 Å². The van der Waals surface area contributed by atoms with Gasteiger partial charge in [-0.25, -0.2) is 0 Å². The Bertz CT molecular complexity index is 533. The zero-order chi connectivity index (χ0) is 11.7. The van der Waals surface area contributed by atoms with Crippen LogP contribution in [0.25, 0.3) is 0 Å². The summed E-state index contributed by atoms with van der Waals surface area (Å²) in [4.78, 5) is 9.87. The molecular weight excluding hydrogens is 236 g/mol. The Morgan fingerprint density at radius 2 is 2.44 bits per heavy atom. The van der Waals surface area contributed by atoms with E-state index < -0.39 is 4.92 Å². The van der Waals surface area contributed by atoms with Gasteiger partial charge in [-0.05, 0) is 11.8 Å². The second-order valence-electron chi connectivity index (χ2n) is 3.19. The molecule has 0 N–H and O–H groups in total. The monoisotopic (exact) mass is 242 g/mol. The molecule has 0 fully saturated rings. The molecule has 16 heavy (non-hydrogen) atoms. The lowest BCUT2D eigenvalue weighted by molar-refractivity contribution is -0.389. The first-order valence-electron chi connectivity index (χ1n) is 4.36. The second kappa shape index (κ2) is 3.93. The Hall–Kier alpha value is -1.89. The van der Waals surface area contributed by atoms with Gasteiger partial charge in [-0.2, -0.15) is 4.68 Å². The SMILES string of the molecule is Cc1cc(Cn2cc(Cl)c([N+](=O)[O-])n2)on1. The summed E-state index contributed by atoms with van der Waals surface area (Å²) in [5.41, 5.74) is 0.739. The van der Waals surface area contributed by atoms with Crippen molar-refractivity contribution in [3.63, 3.8) is 0 Å². The number of aromatic nitrogens is 3. The maximum Gasteiger partial charge on any atom is 0.408 e. The average Bonchev–Trinajstić information content (AvgIpc) is 2.73. The second-order valence-corrected chi connectivity index (χ2v) is 3.60. The molecule has 2 aromatic heterocycles. The number of hydrogen-bond acceptors (Lipinski definition) is 5. The van der Waals surface area contributed by atoms with E-state index in [1.165, 1.54) is 10.9 Å². The van der Waals surface area contributed by atoms with Gasteiger partial charge in [-0.15, -0.1) is 0 Å². The fraction of sp³-hybridized carbons (Fsp3) is 0.250. The molecule has 2 heterocycles. The predicted octanol–water partition coefficient (Wildman–Crippen LogP) is 1.79. The third-order valence-electron chi connectivity index (χ3n) is 1.87. The molecule has 2 aromatic rings. The fourth-order valence-corrected chi connectivity index (χ4v) is 1.46. The molecule has 0 spiro atoms. The van der Waals surface area contributed by atoms with E-state index >= 15 is 0 Å². The summed E-state index contributed by atoms with van der Waals surface area (Å²) in [6.45, 7) is 2.04. The Balaban J connectivity index is 2.22. The van der Waals surface area contributed by atoms with Crippen molar-refractivity contribution >= 4 is 17.4 Å². The van der Waals surface area contributed by atoms with Gasteiger partial charge in [0, 0.05) is 6.07 Å². The van der Waals surface area contributed by atoms with Gasteiger partial charge < -0.3 is 14.6 Å². The fourth-order valence-electron chi connectivity index (χ4n) is 1.24. The van der Waals surface area contributed by atoms with Gasteiger partial charge in [0.05, 0.1) is 17.0 Å². The molecule has 0 saturated heterocycles. The van der Waals surface area contributed by atoms with Gasteiger partial charge in [0.15, 0.2) is 10.8 Å². The maximum atomic E-state index is 10.5. The van der Waals surface area contributed by atoms with E-state index in [-0.39, 0.29) is 17.4 Å². The van der Waals surface area contributed by atoms with Crippen molar-refractivity contribution in [1.29, 1.82) is 0 Å². The number of nitrogens with zero attached hydrogens (tertiary/aromatic N) is 4. The van der Waals surface area contributed by atoms with Crippen molar-refractivity contribution in [2.45, 2.75) is 13.5 Å². The van der Waals surface area contributed by atoms with E-state index in [2.05, 4.69) is 10.3 Å². The van der Waals surface area contributed by atoms with E-state index in [1.54, 1.807) is 13.0 Å². The first-order valence-corrected chi connectivity index (χ1v) is 4.73. The minimum Gasteiger partial charge on any atom is -0.359 e. The number of hydrogen-bond donors (Lipinski definition) is 0. The Labute approximate surface area is 94.7 Å². The van der Waals surface area contributed by atoms with Crippen LogP contribution in [0, 0.1) is 17.0 Å². The van der Waals surface area contributed by atoms with E-state index in [9.17, 15) is 10.1 Å². The van der Waals surface area contributed by atoms with Crippen LogP contribution in [0.2, 0.25) is 5.02 Å². The van der Waals surface area contributed by atoms with Gasteiger partial charge >= 0.3 is 5.82 Å². The first kappa shape index (κ1) is 10.6. The summed E-state index contributed by atoms with van der Waals surface area (Å²) in [7, 11) is 0. The quantitative estimate of drug-likeness (QED) is 0.605. The highest BCUT2D eigenvalue weighted by Crippen LogP contribution is 2.21. The number of aryl methyl sites for hydroxylation is 1. The molecule has 0 amide bonds. The van der Waals surface area contributed by atoms with Gasteiger partial charge in [0.2, 0.25) is 0 Å². The molecule has 0 aliphatic carbocycles. The van der Waals surface area contributed by atoms with Gasteiger partial charge in [0.1, 0.15) is 6.54 Å². The van der Waals surface area contributed by atoms with E-state index in [0.717, 1.165) is 5.69 Å². The molecule has 2 rings (SSSR count). The van der Waals surface area contributed by atoms with Crippen molar-refractivity contribution in [2.75, 3.05) is 0 Å². The summed E-state index contributed by atoms with van der Waals surface area (Å²) in [5, 5.41) is 17.9. The molecule has 0 aromatic carbocycles. The lowest BCUT2D eigenvalue weighted by Gasteiger charge is -1.89. The highest BCUT2D eigenvalue weighted by molar-refractivity contribution is 6.32. The van der Waals surface area contributed by atoms with Crippen molar-refractivity contribution in [3.05, 3.63) is 38.9 Å². The molecule has 8 heteroatoms. The van der Waals surface area contributed by atoms with Crippen LogP contribution in [0.5, 0.6) is 0 Å². The minimum absolute atomic E-state index is 0.00115. The maximum absolute atomic E-state index is 10.5. The molecule has 84 valence electrons. The lowest BCUT2D eigenvalue weighted by atomic mass is 10.4. The predicted molar refractivity (Wildman–Crippen MR) is 54.2 cm³/mol. The molecule has 0 radical (unpaired) electrons. The topological polar surface area (TPSA) is 87.0 Å². The third-order valence-corrected chi connectivity index (χ3v) is 2.13. The highest BCUT2D eigenvalue weighted by atomic mass is 35.5. The van der Waals surface area contributed by atoms with Crippen LogP contribution < -0.4 is 0 Å². The molecule has 0 aliphatic rings. The molecule has 0 aliphatic heterocycles. The molecule has 7 nitrogen and oxygen atoms in total. The average molecular weight is 243 g/mol. The van der Waals surface area contributed by atoms with E-state index in [4.69, 9.17) is 16.1 Å². The van der Waals surface area contributed by atoms with E-state index in [1.807, 2.05) is 0 Å². The summed E-state index contributed by atoms with van der Waals surface area (Å²) >= 11 is 5.64. The summed E-state index contributed by atoms with van der Waals surface area (Å²) < 4.78 is 6.29. The van der Waals surface area contributed by atoms with Crippen LogP contribution in [0.15, 0.2) is 16.8 Å². The lowest BCUT2D eigenvalue weighted by Crippen LogP contribution is -2.00. The zero-order valence-corrected chi connectivity index (χ0v) is 9.01. The van der Waals surface area contributed by atoms with Gasteiger partial charge in [-0.1, -0.05) is 16.8 Å². The smallest absolute Gasteiger partial charge is 0.359 e. The molecule has 0 bridgehead atoms. The van der Waals surface area contributed by atoms with Crippen molar-refractivity contribution in [2.24, 2.45) is 0 Å². The molecule has 0 atom stereocenters. The van der Waals surface area contributed by atoms with Crippen LogP contribution in [0.4, 0.5) is 5.82 Å². The minimum atomic E-state index is -0.634. The van der Waals surface area contributed by atoms with Crippen LogP contribution in [-0.2, 0) is 6.54 Å². The summed E-state index contributed by atoms with van der Waals surface area (Å²) in [6, 6.07) is 1.72. The third kappa shape index (κ3) is 2.03. The summed E-state index contributed by atoms with van der Waals surface area (Å²) in [5.74, 6) is 0.199. The van der Waals surface area contributed by atoms with Gasteiger partial charge in [0.25, 0.3) is 0 Å². The van der Waals surface area contributed by atoms with Crippen molar-refractivity contribution < 1.29 is 9.45 Å². The zero-order valence-electron chi connectivity index (χ0n) is 8.25. The Morgan fingerprint density at radius 3 is 2.94 bits per heavy atom. The number of nitro groups is 1. The van der Waals surface area contributed by atoms with Gasteiger partial charge in [-0.3, -0.25) is 0 Å². The first-order chi connectivity index (χ1) is 7.56. The molecular formula is C8H7ClN4O3. The van der Waals surface area contributed by atoms with Crippen LogP contribution >= 0.6 is 11.6 Å². The standard InChI is InChI=1S/C8H7ClN4O3/c1-5-2-6(16-11-5)3-12-4-7(9)8(10-12)13(14)15/h2,4H,3H2,1H3. The summed E-state index contributed by atoms with van der Waals surface area (Å²) in [6.07, 6.45) is 1.37. The Morgan fingerprint density at radius 1 is 1.69 bits per heavy atom. The van der Waals surface area contributed by atoms with Crippen LogP contribution in [-0.4, -0.2) is 19.9 Å². The number of rotatable bonds is 3.